The highest BCUT2D eigenvalue weighted by molar-refractivity contribution is 7.17. The molecule has 3 N–H and O–H groups in total. The quantitative estimate of drug-likeness (QED) is 0.360. The highest BCUT2D eigenvalue weighted by atomic mass is 32.1. The average Bonchev–Trinajstić information content (AvgIpc) is 3.87. The average molecular weight is 557 g/mol. The van der Waals surface area contributed by atoms with Crippen LogP contribution in [0.1, 0.15) is 77.5 Å². The van der Waals surface area contributed by atoms with E-state index in [1.54, 1.807) is 13.4 Å². The number of fused-ring (bicyclic) bond motifs is 1. The number of carbonyl (C=O) groups is 2. The van der Waals surface area contributed by atoms with E-state index in [9.17, 15) is 18.4 Å². The van der Waals surface area contributed by atoms with Crippen LogP contribution < -0.4 is 16.0 Å². The molecule has 2 amide bonds. The number of aryl methyl sites for hydroxylation is 2. The lowest BCUT2D eigenvalue weighted by molar-refractivity contribution is -0.117. The van der Waals surface area contributed by atoms with Gasteiger partial charge >= 0.3 is 0 Å². The van der Waals surface area contributed by atoms with Gasteiger partial charge in [0.15, 0.2) is 0 Å². The summed E-state index contributed by atoms with van der Waals surface area (Å²) in [6.45, 7) is 0.650. The number of hydrogen-bond donors (Lipinski definition) is 3. The molecule has 39 heavy (non-hydrogen) atoms. The first kappa shape index (κ1) is 24.7. The Kier molecular flexibility index (Phi) is 5.76. The van der Waals surface area contributed by atoms with E-state index in [0.29, 0.717) is 41.2 Å². The first-order valence-corrected chi connectivity index (χ1v) is 14.3. The summed E-state index contributed by atoms with van der Waals surface area (Å²) in [6.07, 6.45) is 6.52. The van der Waals surface area contributed by atoms with Crippen molar-refractivity contribution in [3.05, 3.63) is 34.1 Å². The van der Waals surface area contributed by atoms with Crippen LogP contribution in [0.5, 0.6) is 0 Å². The molecule has 3 fully saturated rings. The Bertz CT molecular complexity index is 1450. The van der Waals surface area contributed by atoms with E-state index in [1.165, 1.54) is 22.1 Å². The molecule has 4 aliphatic carbocycles. The van der Waals surface area contributed by atoms with Crippen molar-refractivity contribution in [1.82, 2.24) is 29.9 Å². The molecule has 0 bridgehead atoms. The number of nitrogens with one attached hydrogen (secondary N) is 3. The van der Waals surface area contributed by atoms with Gasteiger partial charge < -0.3 is 16.0 Å². The lowest BCUT2D eigenvalue weighted by Crippen LogP contribution is -2.29. The number of thiophene rings is 1. The molecule has 0 radical (unpaired) electrons. The van der Waals surface area contributed by atoms with E-state index in [-0.39, 0.29) is 34.9 Å². The molecule has 1 spiro atoms. The van der Waals surface area contributed by atoms with Crippen molar-refractivity contribution in [2.75, 3.05) is 17.2 Å². The monoisotopic (exact) mass is 556 g/mol. The number of alkyl halides is 2. The fourth-order valence-corrected chi connectivity index (χ4v) is 7.08. The number of halogens is 2. The largest absolute Gasteiger partial charge is 0.352 e. The first-order valence-electron chi connectivity index (χ1n) is 13.5. The lowest BCUT2D eigenvalue weighted by Gasteiger charge is -2.25. The third-order valence-electron chi connectivity index (χ3n) is 8.67. The van der Waals surface area contributed by atoms with Crippen molar-refractivity contribution in [2.24, 2.45) is 24.3 Å². The predicted molar refractivity (Wildman–Crippen MR) is 140 cm³/mol. The topological polar surface area (TPSA) is 119 Å². The zero-order valence-electron chi connectivity index (χ0n) is 21.5. The summed E-state index contributed by atoms with van der Waals surface area (Å²) >= 11 is 1.52. The van der Waals surface area contributed by atoms with E-state index in [0.717, 1.165) is 55.4 Å². The molecule has 3 aromatic heterocycles. The number of amides is 2. The molecule has 2 atom stereocenters. The van der Waals surface area contributed by atoms with Crippen LogP contribution in [0.4, 0.5) is 25.5 Å². The van der Waals surface area contributed by atoms with Crippen LogP contribution in [0, 0.1) is 17.3 Å². The standard InChI is InChI=1S/C26H30F2N8O2S/c1-35-19(9-17(34-35)21(27)28)31-25-33-30-12-36(25)14-4-5-18-15(8-14)20(23(38)29-11-13-2-3-13)24(39-18)32-22(37)16-10-26(16)6-7-26/h9,12-14,16,21H,2-8,10-11H2,1H3,(H,29,38)(H,31,33)(H,32,37)/t14-,16-/m0/s1. The van der Waals surface area contributed by atoms with Crippen molar-refractivity contribution in [3.8, 4) is 0 Å². The molecule has 0 aromatic carbocycles. The van der Waals surface area contributed by atoms with E-state index in [2.05, 4.69) is 31.2 Å². The third-order valence-corrected chi connectivity index (χ3v) is 9.88. The van der Waals surface area contributed by atoms with Crippen molar-refractivity contribution in [3.63, 3.8) is 0 Å². The Morgan fingerprint density at radius 2 is 2.08 bits per heavy atom. The smallest absolute Gasteiger partial charge is 0.282 e. The highest BCUT2D eigenvalue weighted by Gasteiger charge is 2.65. The van der Waals surface area contributed by atoms with E-state index in [1.807, 2.05) is 4.57 Å². The molecule has 3 aromatic rings. The second-order valence-electron chi connectivity index (χ2n) is 11.4. The summed E-state index contributed by atoms with van der Waals surface area (Å²) in [5, 5.41) is 22.1. The second-order valence-corrected chi connectivity index (χ2v) is 12.5. The molecular weight excluding hydrogens is 526 g/mol. The van der Waals surface area contributed by atoms with Gasteiger partial charge in [0.25, 0.3) is 12.3 Å². The first-order chi connectivity index (χ1) is 18.8. The molecule has 7 rings (SSSR count). The number of rotatable bonds is 9. The summed E-state index contributed by atoms with van der Waals surface area (Å²) in [5.74, 6) is 1.30. The zero-order chi connectivity index (χ0) is 26.9. The van der Waals surface area contributed by atoms with Gasteiger partial charge in [-0.05, 0) is 68.3 Å². The van der Waals surface area contributed by atoms with Gasteiger partial charge in [0.1, 0.15) is 22.8 Å². The van der Waals surface area contributed by atoms with Crippen LogP contribution in [0.3, 0.4) is 0 Å². The molecule has 13 heteroatoms. The molecule has 0 saturated heterocycles. The van der Waals surface area contributed by atoms with Crippen LogP contribution in [0.15, 0.2) is 12.4 Å². The Balaban J connectivity index is 1.14. The minimum absolute atomic E-state index is 0.0310. The maximum Gasteiger partial charge on any atom is 0.282 e. The van der Waals surface area contributed by atoms with Crippen molar-refractivity contribution < 1.29 is 18.4 Å². The van der Waals surface area contributed by atoms with E-state index < -0.39 is 6.43 Å². The number of nitrogens with zero attached hydrogens (tertiary/aromatic N) is 5. The lowest BCUT2D eigenvalue weighted by atomic mass is 9.91. The Hall–Kier alpha value is -3.35. The summed E-state index contributed by atoms with van der Waals surface area (Å²) in [4.78, 5) is 27.6. The zero-order valence-corrected chi connectivity index (χ0v) is 22.4. The summed E-state index contributed by atoms with van der Waals surface area (Å²) in [5.41, 5.74) is 1.45. The summed E-state index contributed by atoms with van der Waals surface area (Å²) in [6, 6.07) is 1.24. The van der Waals surface area contributed by atoms with Crippen LogP contribution in [-0.2, 0) is 24.7 Å². The van der Waals surface area contributed by atoms with Gasteiger partial charge in [-0.25, -0.2) is 8.78 Å². The van der Waals surface area contributed by atoms with Gasteiger partial charge in [-0.15, -0.1) is 21.5 Å². The molecule has 206 valence electrons. The van der Waals surface area contributed by atoms with Crippen molar-refractivity contribution in [2.45, 2.75) is 63.8 Å². The summed E-state index contributed by atoms with van der Waals surface area (Å²) < 4.78 is 29.5. The Morgan fingerprint density at radius 3 is 2.77 bits per heavy atom. The van der Waals surface area contributed by atoms with Crippen molar-refractivity contribution >= 4 is 39.9 Å². The second kappa shape index (κ2) is 9.10. The number of aromatic nitrogens is 5. The Morgan fingerprint density at radius 1 is 1.26 bits per heavy atom. The van der Waals surface area contributed by atoms with Crippen molar-refractivity contribution in [1.29, 1.82) is 0 Å². The van der Waals surface area contributed by atoms with Crippen LogP contribution in [-0.4, -0.2) is 42.9 Å². The predicted octanol–water partition coefficient (Wildman–Crippen LogP) is 4.36. The molecule has 0 aliphatic heterocycles. The molecule has 0 unspecified atom stereocenters. The highest BCUT2D eigenvalue weighted by Crippen LogP contribution is 2.70. The van der Waals surface area contributed by atoms with Gasteiger partial charge in [0, 0.05) is 36.5 Å². The van der Waals surface area contributed by atoms with Gasteiger partial charge in [0.2, 0.25) is 11.9 Å². The molecule has 3 heterocycles. The molecule has 4 aliphatic rings. The van der Waals surface area contributed by atoms with Gasteiger partial charge in [0.05, 0.1) is 5.56 Å². The third kappa shape index (κ3) is 4.60. The van der Waals surface area contributed by atoms with Crippen LogP contribution >= 0.6 is 11.3 Å². The summed E-state index contributed by atoms with van der Waals surface area (Å²) in [7, 11) is 1.59. The van der Waals surface area contributed by atoms with E-state index >= 15 is 0 Å². The van der Waals surface area contributed by atoms with Gasteiger partial charge in [-0.2, -0.15) is 5.10 Å². The molecule has 10 nitrogen and oxygen atoms in total. The maximum absolute atomic E-state index is 13.5. The fraction of sp³-hybridized carbons (Fsp3) is 0.577. The minimum Gasteiger partial charge on any atom is -0.352 e. The Labute approximate surface area is 227 Å². The number of anilines is 3. The molecular formula is C26H30F2N8O2S. The fourth-order valence-electron chi connectivity index (χ4n) is 5.84. The van der Waals surface area contributed by atoms with E-state index in [4.69, 9.17) is 0 Å². The SMILES string of the molecule is Cn1nc(C(F)F)cc1Nc1nncn1[C@H]1CCc2sc(NC(=O)[C@@H]3CC34CC4)c(C(=O)NCC3CC3)c2C1. The van der Waals surface area contributed by atoms with Crippen LogP contribution in [0.25, 0.3) is 0 Å². The molecule has 3 saturated carbocycles. The maximum atomic E-state index is 13.5. The number of hydrogen-bond acceptors (Lipinski definition) is 7. The normalized spacial score (nSPS) is 22.6. The minimum atomic E-state index is -2.67. The van der Waals surface area contributed by atoms with Gasteiger partial charge in [-0.1, -0.05) is 0 Å². The van der Waals surface area contributed by atoms with Gasteiger partial charge in [-0.3, -0.25) is 18.8 Å². The van der Waals surface area contributed by atoms with Crippen LogP contribution in [0.2, 0.25) is 0 Å². The number of carbonyl (C=O) groups excluding carboxylic acids is 2.